The van der Waals surface area contributed by atoms with E-state index in [2.05, 4.69) is 21.1 Å². The van der Waals surface area contributed by atoms with E-state index in [1.807, 2.05) is 0 Å². The van der Waals surface area contributed by atoms with Gasteiger partial charge in [0.2, 0.25) is 0 Å². The maximum atomic E-state index is 13.9. The quantitative estimate of drug-likeness (QED) is 0.461. The zero-order valence-corrected chi connectivity index (χ0v) is 16.0. The smallest absolute Gasteiger partial charge is 0.374 e. The Hall–Kier alpha value is -0.950. The Labute approximate surface area is 164 Å². The van der Waals surface area contributed by atoms with Crippen LogP contribution in [0.2, 0.25) is 15.1 Å². The zero-order chi connectivity index (χ0) is 18.4. The number of alkyl halides is 3. The van der Waals surface area contributed by atoms with Crippen LogP contribution in [0.25, 0.3) is 0 Å². The van der Waals surface area contributed by atoms with Gasteiger partial charge in [-0.1, -0.05) is 46.0 Å². The summed E-state index contributed by atoms with van der Waals surface area (Å²) in [7, 11) is 0. The lowest BCUT2D eigenvalue weighted by Crippen LogP contribution is -2.42. The van der Waals surface area contributed by atoms with Crippen molar-refractivity contribution in [3.63, 3.8) is 0 Å². The minimum Gasteiger partial charge on any atom is -0.374 e. The van der Waals surface area contributed by atoms with Gasteiger partial charge in [0.05, 0.1) is 10.7 Å². The zero-order valence-electron chi connectivity index (χ0n) is 12.2. The molecule has 0 fully saturated rings. The van der Waals surface area contributed by atoms with Gasteiger partial charge in [0.25, 0.3) is 5.60 Å². The average Bonchev–Trinajstić information content (AvgIpc) is 2.95. The van der Waals surface area contributed by atoms with Crippen molar-refractivity contribution in [3.8, 4) is 0 Å². The maximum Gasteiger partial charge on any atom is 0.435 e. The van der Waals surface area contributed by atoms with E-state index in [1.165, 1.54) is 24.3 Å². The molecule has 1 atom stereocenters. The molecule has 0 aliphatic carbocycles. The predicted molar refractivity (Wildman–Crippen MR) is 95.6 cm³/mol. The predicted octanol–water partition coefficient (Wildman–Crippen LogP) is 6.99. The molecule has 0 aromatic heterocycles. The number of hydrogen-bond donors (Lipinski definition) is 0. The van der Waals surface area contributed by atoms with Crippen LogP contribution in [-0.4, -0.2) is 11.9 Å². The van der Waals surface area contributed by atoms with Gasteiger partial charge in [0.1, 0.15) is 0 Å². The van der Waals surface area contributed by atoms with E-state index in [0.717, 1.165) is 0 Å². The van der Waals surface area contributed by atoms with Crippen molar-refractivity contribution in [1.82, 2.24) is 0 Å². The molecule has 0 amide bonds. The molecule has 1 unspecified atom stereocenters. The van der Waals surface area contributed by atoms with Crippen LogP contribution in [-0.2, 0) is 10.4 Å². The van der Waals surface area contributed by atoms with Gasteiger partial charge in [0.15, 0.2) is 0 Å². The van der Waals surface area contributed by atoms with E-state index in [-0.39, 0.29) is 21.3 Å². The summed E-state index contributed by atoms with van der Waals surface area (Å²) in [6.07, 6.45) is -5.25. The fraction of sp³-hybridized carbons (Fsp3) is 0.188. The van der Waals surface area contributed by atoms with Crippen molar-refractivity contribution in [2.24, 2.45) is 5.16 Å². The summed E-state index contributed by atoms with van der Waals surface area (Å²) < 4.78 is 42.3. The molecule has 2 aromatic carbocycles. The Morgan fingerprint density at radius 2 is 1.68 bits per heavy atom. The topological polar surface area (TPSA) is 21.6 Å². The molecule has 0 bridgehead atoms. The van der Waals surface area contributed by atoms with Crippen LogP contribution < -0.4 is 0 Å². The molecule has 3 rings (SSSR count). The minimum atomic E-state index is -4.73. The molecule has 2 nitrogen and oxygen atoms in total. The normalized spacial score (nSPS) is 20.4. The molecule has 1 aliphatic heterocycles. The van der Waals surface area contributed by atoms with Crippen molar-refractivity contribution in [2.45, 2.75) is 18.2 Å². The Balaban J connectivity index is 2.04. The fourth-order valence-corrected chi connectivity index (χ4v) is 3.47. The van der Waals surface area contributed by atoms with Crippen molar-refractivity contribution in [3.05, 3.63) is 67.1 Å². The van der Waals surface area contributed by atoms with Crippen LogP contribution in [0, 0.1) is 0 Å². The van der Waals surface area contributed by atoms with Gasteiger partial charge < -0.3 is 4.84 Å². The number of oxime groups is 1. The minimum absolute atomic E-state index is 0.0786. The molecule has 0 N–H and O–H groups in total. The largest absolute Gasteiger partial charge is 0.435 e. The Morgan fingerprint density at radius 1 is 1.04 bits per heavy atom. The maximum absolute atomic E-state index is 13.9. The molecule has 2 aromatic rings. The van der Waals surface area contributed by atoms with Crippen LogP contribution in [0.3, 0.4) is 0 Å². The van der Waals surface area contributed by atoms with Crippen molar-refractivity contribution in [2.75, 3.05) is 0 Å². The van der Waals surface area contributed by atoms with Gasteiger partial charge in [-0.3, -0.25) is 0 Å². The van der Waals surface area contributed by atoms with Crippen LogP contribution in [0.15, 0.2) is 46.0 Å². The Morgan fingerprint density at radius 3 is 2.24 bits per heavy atom. The number of benzene rings is 2. The van der Waals surface area contributed by atoms with E-state index in [9.17, 15) is 13.2 Å². The lowest BCUT2D eigenvalue weighted by molar-refractivity contribution is -0.275. The van der Waals surface area contributed by atoms with E-state index < -0.39 is 18.2 Å². The molecule has 9 heteroatoms. The van der Waals surface area contributed by atoms with Crippen molar-refractivity contribution in [1.29, 1.82) is 0 Å². The molecule has 0 spiro atoms. The molecule has 0 radical (unpaired) electrons. The lowest BCUT2D eigenvalue weighted by atomic mass is 9.86. The summed E-state index contributed by atoms with van der Waals surface area (Å²) in [5.74, 6) is 0. The molecule has 1 heterocycles. The highest BCUT2D eigenvalue weighted by Crippen LogP contribution is 2.49. The second-order valence-electron chi connectivity index (χ2n) is 5.42. The lowest BCUT2D eigenvalue weighted by Gasteiger charge is -2.29. The molecule has 0 saturated heterocycles. The van der Waals surface area contributed by atoms with Gasteiger partial charge in [-0.15, -0.1) is 0 Å². The van der Waals surface area contributed by atoms with E-state index in [1.54, 1.807) is 12.1 Å². The third-order valence-corrected chi connectivity index (χ3v) is 5.44. The monoisotopic (exact) mass is 471 g/mol. The van der Waals surface area contributed by atoms with E-state index in [4.69, 9.17) is 39.6 Å². The van der Waals surface area contributed by atoms with Crippen LogP contribution in [0.5, 0.6) is 0 Å². The average molecular weight is 474 g/mol. The third kappa shape index (κ3) is 3.50. The van der Waals surface area contributed by atoms with Gasteiger partial charge in [-0.25, -0.2) is 0 Å². The number of hydrogen-bond acceptors (Lipinski definition) is 2. The third-order valence-electron chi connectivity index (χ3n) is 3.77. The van der Waals surface area contributed by atoms with Gasteiger partial charge in [-0.05, 0) is 46.3 Å². The van der Waals surface area contributed by atoms with Crippen LogP contribution in [0.1, 0.15) is 17.5 Å². The molecule has 25 heavy (non-hydrogen) atoms. The highest BCUT2D eigenvalue weighted by molar-refractivity contribution is 9.10. The Bertz CT molecular complexity index is 852. The van der Waals surface area contributed by atoms with E-state index in [0.29, 0.717) is 15.1 Å². The fourth-order valence-electron chi connectivity index (χ4n) is 2.52. The summed E-state index contributed by atoms with van der Waals surface area (Å²) in [5.41, 5.74) is -2.30. The van der Waals surface area contributed by atoms with Crippen LogP contribution in [0.4, 0.5) is 13.2 Å². The summed E-state index contributed by atoms with van der Waals surface area (Å²) in [6, 6.07) is 8.45. The summed E-state index contributed by atoms with van der Waals surface area (Å²) in [6.45, 7) is 0. The molecule has 132 valence electrons. The van der Waals surface area contributed by atoms with Crippen molar-refractivity contribution < 1.29 is 18.0 Å². The second kappa shape index (κ2) is 6.65. The molecule has 1 aliphatic rings. The van der Waals surface area contributed by atoms with Crippen molar-refractivity contribution >= 4 is 56.4 Å². The van der Waals surface area contributed by atoms with Gasteiger partial charge in [0, 0.05) is 32.1 Å². The summed E-state index contributed by atoms with van der Waals surface area (Å²) in [4.78, 5) is 4.93. The highest BCUT2D eigenvalue weighted by atomic mass is 79.9. The highest BCUT2D eigenvalue weighted by Gasteiger charge is 2.62. The first-order valence-electron chi connectivity index (χ1n) is 6.86. The molecular weight excluding hydrogens is 465 g/mol. The first-order chi connectivity index (χ1) is 11.6. The van der Waals surface area contributed by atoms with Gasteiger partial charge in [-0.2, -0.15) is 13.2 Å². The summed E-state index contributed by atoms with van der Waals surface area (Å²) >= 11 is 21.0. The van der Waals surface area contributed by atoms with Gasteiger partial charge >= 0.3 is 6.18 Å². The molecule has 0 saturated carbocycles. The molecular formula is C16H8BrCl3F3NO. The second-order valence-corrected chi connectivity index (χ2v) is 7.55. The first kappa shape index (κ1) is 18.8. The number of rotatable bonds is 2. The van der Waals surface area contributed by atoms with Crippen LogP contribution >= 0.6 is 50.7 Å². The van der Waals surface area contributed by atoms with E-state index >= 15 is 0 Å². The number of halogens is 7. The SMILES string of the molecule is FC(F)(F)C1(c2cc(Cl)cc(Cl)c2)CC(c2ccc(Br)c(Cl)c2)=NO1. The first-order valence-corrected chi connectivity index (χ1v) is 8.79. The number of nitrogens with zero attached hydrogens (tertiary/aromatic N) is 1. The Kier molecular flexibility index (Phi) is 5.01. The standard InChI is InChI=1S/C16H8BrCl3F3NO/c17-12-2-1-8(3-13(12)20)14-7-15(25-24-14,16(21,22)23)9-4-10(18)6-11(19)5-9/h1-6H,7H2. The summed E-state index contributed by atoms with van der Waals surface area (Å²) in [5, 5.41) is 4.18.